The average molecular weight is 337 g/mol. The Morgan fingerprint density at radius 2 is 2.00 bits per heavy atom. The normalized spacial score (nSPS) is 16.1. The van der Waals surface area contributed by atoms with E-state index in [4.69, 9.17) is 17.3 Å². The van der Waals surface area contributed by atoms with Crippen molar-refractivity contribution in [2.24, 2.45) is 10.7 Å². The number of carbonyl (C=O) groups is 1. The second-order valence-corrected chi connectivity index (χ2v) is 6.33. The van der Waals surface area contributed by atoms with Crippen molar-refractivity contribution >= 4 is 29.2 Å². The van der Waals surface area contributed by atoms with Crippen LogP contribution in [0.15, 0.2) is 23.2 Å². The fourth-order valence-corrected chi connectivity index (χ4v) is 2.89. The Balaban J connectivity index is 1.80. The summed E-state index contributed by atoms with van der Waals surface area (Å²) in [5.74, 6) is 0.441. The number of aliphatic imine (C=N–C) groups is 1. The summed E-state index contributed by atoms with van der Waals surface area (Å²) in [6.07, 6.45) is 5.11. The van der Waals surface area contributed by atoms with Gasteiger partial charge in [-0.3, -0.25) is 9.79 Å². The predicted molar refractivity (Wildman–Crippen MR) is 96.0 cm³/mol. The van der Waals surface area contributed by atoms with Crippen molar-refractivity contribution in [1.29, 1.82) is 0 Å². The Labute approximate surface area is 142 Å². The van der Waals surface area contributed by atoms with Crippen LogP contribution in [0.4, 0.5) is 5.69 Å². The van der Waals surface area contributed by atoms with Gasteiger partial charge in [-0.05, 0) is 37.5 Å². The Morgan fingerprint density at radius 1 is 1.30 bits per heavy atom. The summed E-state index contributed by atoms with van der Waals surface area (Å²) >= 11 is 6.11. The number of aryl methyl sites for hydroxylation is 1. The van der Waals surface area contributed by atoms with E-state index in [1.807, 2.05) is 25.1 Å². The van der Waals surface area contributed by atoms with Gasteiger partial charge < -0.3 is 16.0 Å². The zero-order valence-electron chi connectivity index (χ0n) is 13.6. The number of nitrogens with two attached hydrogens (primary N) is 1. The van der Waals surface area contributed by atoms with E-state index in [0.29, 0.717) is 29.6 Å². The van der Waals surface area contributed by atoms with Gasteiger partial charge in [-0.2, -0.15) is 0 Å². The third-order valence-electron chi connectivity index (χ3n) is 3.94. The SMILES string of the molecule is Cc1ccc(NC(=O)CCN=C(N)N2CCCCCC2)c(Cl)c1. The molecule has 0 saturated carbocycles. The molecule has 1 aromatic rings. The van der Waals surface area contributed by atoms with Crippen LogP contribution in [-0.4, -0.2) is 36.4 Å². The molecule has 0 unspecified atom stereocenters. The molecule has 1 amide bonds. The minimum atomic E-state index is -0.108. The first-order valence-corrected chi connectivity index (χ1v) is 8.55. The fourth-order valence-electron chi connectivity index (χ4n) is 2.61. The smallest absolute Gasteiger partial charge is 0.226 e. The largest absolute Gasteiger partial charge is 0.370 e. The number of carbonyl (C=O) groups excluding carboxylic acids is 1. The third kappa shape index (κ3) is 5.75. The lowest BCUT2D eigenvalue weighted by molar-refractivity contribution is -0.116. The van der Waals surface area contributed by atoms with E-state index in [-0.39, 0.29) is 5.91 Å². The van der Waals surface area contributed by atoms with Crippen LogP contribution in [0.5, 0.6) is 0 Å². The van der Waals surface area contributed by atoms with E-state index in [2.05, 4.69) is 15.2 Å². The molecule has 1 aromatic carbocycles. The highest BCUT2D eigenvalue weighted by molar-refractivity contribution is 6.33. The molecule has 0 aliphatic carbocycles. The zero-order chi connectivity index (χ0) is 16.7. The maximum Gasteiger partial charge on any atom is 0.226 e. The molecule has 1 aliphatic heterocycles. The molecule has 1 fully saturated rings. The number of nitrogens with one attached hydrogen (secondary N) is 1. The Morgan fingerprint density at radius 3 is 2.65 bits per heavy atom. The molecule has 0 spiro atoms. The van der Waals surface area contributed by atoms with Crippen molar-refractivity contribution in [2.45, 2.75) is 39.0 Å². The molecular weight excluding hydrogens is 312 g/mol. The molecule has 1 heterocycles. The summed E-state index contributed by atoms with van der Waals surface area (Å²) in [5, 5.41) is 3.35. The van der Waals surface area contributed by atoms with Gasteiger partial charge in [-0.25, -0.2) is 0 Å². The minimum Gasteiger partial charge on any atom is -0.370 e. The molecule has 0 bridgehead atoms. The topological polar surface area (TPSA) is 70.7 Å². The molecule has 3 N–H and O–H groups in total. The summed E-state index contributed by atoms with van der Waals surface area (Å²) in [7, 11) is 0. The first kappa shape index (κ1) is 17.6. The molecular formula is C17H25ClN4O. The van der Waals surface area contributed by atoms with Crippen molar-refractivity contribution in [3.63, 3.8) is 0 Å². The summed E-state index contributed by atoms with van der Waals surface area (Å²) in [4.78, 5) is 18.4. The summed E-state index contributed by atoms with van der Waals surface area (Å²) in [6.45, 7) is 4.26. The van der Waals surface area contributed by atoms with Gasteiger partial charge in [0.05, 0.1) is 17.3 Å². The Kier molecular flexibility index (Phi) is 6.71. The van der Waals surface area contributed by atoms with E-state index < -0.39 is 0 Å². The quantitative estimate of drug-likeness (QED) is 0.655. The minimum absolute atomic E-state index is 0.108. The molecule has 6 heteroatoms. The van der Waals surface area contributed by atoms with Crippen LogP contribution >= 0.6 is 11.6 Å². The first-order chi connectivity index (χ1) is 11.1. The van der Waals surface area contributed by atoms with Gasteiger partial charge in [0.15, 0.2) is 5.96 Å². The van der Waals surface area contributed by atoms with Crippen LogP contribution in [0.25, 0.3) is 0 Å². The summed E-state index contributed by atoms with van der Waals surface area (Å²) in [6, 6.07) is 5.55. The van der Waals surface area contributed by atoms with E-state index in [0.717, 1.165) is 31.5 Å². The molecule has 1 saturated heterocycles. The van der Waals surface area contributed by atoms with Crippen LogP contribution in [0, 0.1) is 6.92 Å². The van der Waals surface area contributed by atoms with Gasteiger partial charge in [0, 0.05) is 19.5 Å². The standard InChI is InChI=1S/C17H25ClN4O/c1-13-6-7-15(14(18)12-13)21-16(23)8-9-20-17(19)22-10-4-2-3-5-11-22/h6-7,12H,2-5,8-11H2,1H3,(H2,19,20)(H,21,23). The summed E-state index contributed by atoms with van der Waals surface area (Å²) < 4.78 is 0. The van der Waals surface area contributed by atoms with Gasteiger partial charge in [-0.15, -0.1) is 0 Å². The van der Waals surface area contributed by atoms with Gasteiger partial charge in [-0.1, -0.05) is 30.5 Å². The number of nitrogens with zero attached hydrogens (tertiary/aromatic N) is 2. The van der Waals surface area contributed by atoms with Gasteiger partial charge in [0.25, 0.3) is 0 Å². The maximum absolute atomic E-state index is 12.0. The van der Waals surface area contributed by atoms with E-state index in [1.165, 1.54) is 12.8 Å². The zero-order valence-corrected chi connectivity index (χ0v) is 14.4. The molecule has 126 valence electrons. The van der Waals surface area contributed by atoms with E-state index >= 15 is 0 Å². The first-order valence-electron chi connectivity index (χ1n) is 8.17. The predicted octanol–water partition coefficient (Wildman–Crippen LogP) is 3.17. The van der Waals surface area contributed by atoms with Crippen molar-refractivity contribution in [3.05, 3.63) is 28.8 Å². The van der Waals surface area contributed by atoms with Gasteiger partial charge in [0.1, 0.15) is 0 Å². The number of hydrogen-bond acceptors (Lipinski definition) is 2. The maximum atomic E-state index is 12.0. The van der Waals surface area contributed by atoms with Gasteiger partial charge >= 0.3 is 0 Å². The monoisotopic (exact) mass is 336 g/mol. The highest BCUT2D eigenvalue weighted by Crippen LogP contribution is 2.22. The molecule has 0 radical (unpaired) electrons. The lowest BCUT2D eigenvalue weighted by Crippen LogP contribution is -2.38. The average Bonchev–Trinajstić information content (AvgIpc) is 2.79. The fraction of sp³-hybridized carbons (Fsp3) is 0.529. The van der Waals surface area contributed by atoms with Gasteiger partial charge in [0.2, 0.25) is 5.91 Å². The second kappa shape index (κ2) is 8.77. The third-order valence-corrected chi connectivity index (χ3v) is 4.25. The summed E-state index contributed by atoms with van der Waals surface area (Å²) in [5.41, 5.74) is 7.71. The Hall–Kier alpha value is -1.75. The lowest BCUT2D eigenvalue weighted by Gasteiger charge is -2.21. The number of hydrogen-bond donors (Lipinski definition) is 2. The van der Waals surface area contributed by atoms with Crippen LogP contribution in [0.2, 0.25) is 5.02 Å². The molecule has 0 aromatic heterocycles. The Bertz CT molecular complexity index is 566. The van der Waals surface area contributed by atoms with Crippen LogP contribution < -0.4 is 11.1 Å². The van der Waals surface area contributed by atoms with E-state index in [9.17, 15) is 4.79 Å². The van der Waals surface area contributed by atoms with Crippen LogP contribution in [0.3, 0.4) is 0 Å². The van der Waals surface area contributed by atoms with Crippen molar-refractivity contribution < 1.29 is 4.79 Å². The number of halogens is 1. The number of amides is 1. The number of benzene rings is 1. The van der Waals surface area contributed by atoms with Crippen molar-refractivity contribution in [1.82, 2.24) is 4.90 Å². The van der Waals surface area contributed by atoms with Crippen LogP contribution in [0.1, 0.15) is 37.7 Å². The van der Waals surface area contributed by atoms with Crippen molar-refractivity contribution in [3.8, 4) is 0 Å². The number of rotatable bonds is 4. The molecule has 23 heavy (non-hydrogen) atoms. The number of guanidine groups is 1. The molecule has 1 aliphatic rings. The number of anilines is 1. The van der Waals surface area contributed by atoms with Crippen LogP contribution in [-0.2, 0) is 4.79 Å². The molecule has 5 nitrogen and oxygen atoms in total. The second-order valence-electron chi connectivity index (χ2n) is 5.92. The number of likely N-dealkylation sites (tertiary alicyclic amines) is 1. The molecule has 0 atom stereocenters. The lowest BCUT2D eigenvalue weighted by atomic mass is 10.2. The molecule has 2 rings (SSSR count). The van der Waals surface area contributed by atoms with E-state index in [1.54, 1.807) is 0 Å². The highest BCUT2D eigenvalue weighted by atomic mass is 35.5. The van der Waals surface area contributed by atoms with Crippen molar-refractivity contribution in [2.75, 3.05) is 25.0 Å². The highest BCUT2D eigenvalue weighted by Gasteiger charge is 2.11.